The van der Waals surface area contributed by atoms with Gasteiger partial charge in [-0.1, -0.05) is 24.2 Å². The average Bonchev–Trinajstić information content (AvgIpc) is 3.23. The van der Waals surface area contributed by atoms with E-state index >= 15 is 0 Å². The van der Waals surface area contributed by atoms with Gasteiger partial charge in [-0.05, 0) is 42.0 Å². The molecule has 0 aliphatic carbocycles. The third-order valence-corrected chi connectivity index (χ3v) is 5.98. The zero-order valence-corrected chi connectivity index (χ0v) is 16.3. The molecule has 0 atom stereocenters. The fraction of sp³-hybridized carbons (Fsp3) is 0.200. The van der Waals surface area contributed by atoms with E-state index in [0.717, 1.165) is 11.3 Å². The molecule has 8 heteroatoms. The summed E-state index contributed by atoms with van der Waals surface area (Å²) in [7, 11) is -1.67. The first-order valence-corrected chi connectivity index (χ1v) is 10.3. The summed E-state index contributed by atoms with van der Waals surface area (Å²) in [6.07, 6.45) is 0. The Morgan fingerprint density at radius 2 is 1.79 bits per heavy atom. The molecule has 1 heterocycles. The Kier molecular flexibility index (Phi) is 5.79. The van der Waals surface area contributed by atoms with Crippen molar-refractivity contribution >= 4 is 15.7 Å². The Morgan fingerprint density at radius 3 is 2.39 bits per heavy atom. The van der Waals surface area contributed by atoms with Crippen LogP contribution in [0.15, 0.2) is 64.0 Å². The molecule has 0 spiro atoms. The molecule has 1 N–H and O–H groups in total. The monoisotopic (exact) mass is 400 g/mol. The van der Waals surface area contributed by atoms with Crippen LogP contribution in [-0.2, 0) is 16.4 Å². The van der Waals surface area contributed by atoms with Crippen LogP contribution in [-0.4, -0.2) is 32.3 Å². The fourth-order valence-corrected chi connectivity index (χ4v) is 3.41. The van der Waals surface area contributed by atoms with E-state index in [4.69, 9.17) is 9.26 Å². The Bertz CT molecular complexity index is 1050. The van der Waals surface area contributed by atoms with Crippen LogP contribution in [0, 0.1) is 0 Å². The van der Waals surface area contributed by atoms with Crippen molar-refractivity contribution in [3.05, 3.63) is 65.9 Å². The number of carbonyl (C=O) groups excluding carboxylic acids is 1. The highest BCUT2D eigenvalue weighted by atomic mass is 32.2. The van der Waals surface area contributed by atoms with Crippen LogP contribution in [0.4, 0.5) is 0 Å². The molecule has 3 aromatic rings. The highest BCUT2D eigenvalue weighted by Gasteiger charge is 2.15. The Labute approximate surface area is 163 Å². The fourth-order valence-electron chi connectivity index (χ4n) is 2.53. The smallest absolute Gasteiger partial charge is 0.273 e. The van der Waals surface area contributed by atoms with Crippen molar-refractivity contribution in [3.63, 3.8) is 0 Å². The summed E-state index contributed by atoms with van der Waals surface area (Å²) in [5.74, 6) is 0.799. The van der Waals surface area contributed by atoms with Crippen molar-refractivity contribution in [2.24, 2.45) is 0 Å². The van der Waals surface area contributed by atoms with E-state index in [2.05, 4.69) is 10.5 Å². The number of hydrogen-bond donors (Lipinski definition) is 1. The Hall–Kier alpha value is -3.13. The molecule has 1 aromatic heterocycles. The summed E-state index contributed by atoms with van der Waals surface area (Å²) in [5, 5.41) is 6.57. The van der Waals surface area contributed by atoms with Crippen molar-refractivity contribution in [2.75, 3.05) is 12.9 Å². The number of benzene rings is 2. The lowest BCUT2D eigenvalue weighted by Gasteiger charge is -2.04. The number of carbonyl (C=O) groups is 1. The number of rotatable bonds is 7. The number of methoxy groups -OCH3 is 1. The van der Waals surface area contributed by atoms with Gasteiger partial charge in [0.05, 0.1) is 17.8 Å². The van der Waals surface area contributed by atoms with Crippen LogP contribution < -0.4 is 10.1 Å². The molecule has 0 fully saturated rings. The molecule has 7 nitrogen and oxygen atoms in total. The van der Waals surface area contributed by atoms with Gasteiger partial charge in [-0.2, -0.15) is 0 Å². The van der Waals surface area contributed by atoms with E-state index in [1.807, 2.05) is 24.3 Å². The lowest BCUT2D eigenvalue weighted by Crippen LogP contribution is -2.22. The molecule has 0 saturated heterocycles. The molecular formula is C20H20N2O5S. The molecule has 0 unspecified atom stereocenters. The first kappa shape index (κ1) is 19.6. The van der Waals surface area contributed by atoms with Gasteiger partial charge in [-0.3, -0.25) is 4.79 Å². The number of nitrogens with zero attached hydrogens (tertiary/aromatic N) is 1. The molecule has 1 amide bonds. The summed E-state index contributed by atoms with van der Waals surface area (Å²) >= 11 is 0. The van der Waals surface area contributed by atoms with Gasteiger partial charge in [-0.15, -0.1) is 0 Å². The normalized spacial score (nSPS) is 11.2. The van der Waals surface area contributed by atoms with Crippen LogP contribution in [0.25, 0.3) is 11.3 Å². The average molecular weight is 400 g/mol. The maximum absolute atomic E-state index is 12.3. The van der Waals surface area contributed by atoms with Gasteiger partial charge < -0.3 is 14.6 Å². The molecule has 0 saturated carbocycles. The van der Waals surface area contributed by atoms with E-state index in [9.17, 15) is 13.2 Å². The van der Waals surface area contributed by atoms with Gasteiger partial charge in [-0.25, -0.2) is 8.42 Å². The van der Waals surface area contributed by atoms with Gasteiger partial charge in [0.25, 0.3) is 5.91 Å². The summed E-state index contributed by atoms with van der Waals surface area (Å²) in [5.41, 5.74) is 1.70. The van der Waals surface area contributed by atoms with E-state index in [-0.39, 0.29) is 22.2 Å². The second-order valence-corrected chi connectivity index (χ2v) is 8.31. The SMILES string of the molecule is CCS(=O)(=O)c1ccc(-c2cc(C(=O)NCc3ccc(OC)cc3)no2)cc1. The zero-order valence-electron chi connectivity index (χ0n) is 15.5. The van der Waals surface area contributed by atoms with Crippen molar-refractivity contribution in [1.82, 2.24) is 10.5 Å². The lowest BCUT2D eigenvalue weighted by molar-refractivity contribution is 0.0942. The van der Waals surface area contributed by atoms with Crippen molar-refractivity contribution in [3.8, 4) is 17.1 Å². The molecule has 3 rings (SSSR count). The molecular weight excluding hydrogens is 380 g/mol. The lowest BCUT2D eigenvalue weighted by atomic mass is 10.1. The quantitative estimate of drug-likeness (QED) is 0.654. The van der Waals surface area contributed by atoms with E-state index in [0.29, 0.717) is 17.9 Å². The van der Waals surface area contributed by atoms with Crippen LogP contribution in [0.2, 0.25) is 0 Å². The third kappa shape index (κ3) is 4.40. The van der Waals surface area contributed by atoms with Crippen LogP contribution in [0.3, 0.4) is 0 Å². The summed E-state index contributed by atoms with van der Waals surface area (Å²) in [6.45, 7) is 1.94. The number of sulfone groups is 1. The minimum atomic E-state index is -3.26. The van der Waals surface area contributed by atoms with Gasteiger partial charge in [0.1, 0.15) is 5.75 Å². The first-order chi connectivity index (χ1) is 13.4. The third-order valence-electron chi connectivity index (χ3n) is 4.23. The van der Waals surface area contributed by atoms with Crippen LogP contribution in [0.5, 0.6) is 5.75 Å². The second kappa shape index (κ2) is 8.26. The second-order valence-electron chi connectivity index (χ2n) is 6.03. The molecule has 2 aromatic carbocycles. The summed E-state index contributed by atoms with van der Waals surface area (Å²) in [6, 6.07) is 15.2. The van der Waals surface area contributed by atoms with Crippen molar-refractivity contribution in [2.45, 2.75) is 18.4 Å². The summed E-state index contributed by atoms with van der Waals surface area (Å²) < 4.78 is 34.1. The summed E-state index contributed by atoms with van der Waals surface area (Å²) in [4.78, 5) is 12.5. The van der Waals surface area contributed by atoms with E-state index in [1.54, 1.807) is 26.2 Å². The number of nitrogens with one attached hydrogen (secondary N) is 1. The Morgan fingerprint density at radius 1 is 1.11 bits per heavy atom. The van der Waals surface area contributed by atoms with Crippen LogP contribution >= 0.6 is 0 Å². The maximum atomic E-state index is 12.3. The van der Waals surface area contributed by atoms with Crippen molar-refractivity contribution in [1.29, 1.82) is 0 Å². The highest BCUT2D eigenvalue weighted by Crippen LogP contribution is 2.23. The van der Waals surface area contributed by atoms with Gasteiger partial charge in [0.15, 0.2) is 21.3 Å². The number of amides is 1. The molecule has 0 bridgehead atoms. The van der Waals surface area contributed by atoms with E-state index < -0.39 is 9.84 Å². The minimum absolute atomic E-state index is 0.0349. The van der Waals surface area contributed by atoms with E-state index in [1.165, 1.54) is 18.2 Å². The predicted octanol–water partition coefficient (Wildman–Crippen LogP) is 3.07. The number of ether oxygens (including phenoxy) is 1. The van der Waals surface area contributed by atoms with Gasteiger partial charge in [0.2, 0.25) is 0 Å². The molecule has 28 heavy (non-hydrogen) atoms. The van der Waals surface area contributed by atoms with Gasteiger partial charge in [0, 0.05) is 18.2 Å². The molecule has 0 radical (unpaired) electrons. The minimum Gasteiger partial charge on any atom is -0.497 e. The van der Waals surface area contributed by atoms with Gasteiger partial charge >= 0.3 is 0 Å². The zero-order chi connectivity index (χ0) is 20.1. The largest absolute Gasteiger partial charge is 0.497 e. The molecule has 146 valence electrons. The number of hydrogen-bond acceptors (Lipinski definition) is 6. The standard InChI is InChI=1S/C20H20N2O5S/c1-3-28(24,25)17-10-6-15(7-11-17)19-12-18(22-27-19)20(23)21-13-14-4-8-16(26-2)9-5-14/h4-12H,3,13H2,1-2H3,(H,21,23). The topological polar surface area (TPSA) is 98.5 Å². The van der Waals surface area contributed by atoms with Crippen molar-refractivity contribution < 1.29 is 22.5 Å². The highest BCUT2D eigenvalue weighted by molar-refractivity contribution is 7.91. The molecule has 0 aliphatic heterocycles. The Balaban J connectivity index is 1.66. The predicted molar refractivity (Wildman–Crippen MR) is 104 cm³/mol. The first-order valence-electron chi connectivity index (χ1n) is 8.64. The maximum Gasteiger partial charge on any atom is 0.273 e. The van der Waals surface area contributed by atoms with Crippen LogP contribution in [0.1, 0.15) is 23.0 Å². The molecule has 0 aliphatic rings. The number of aromatic nitrogens is 1.